The van der Waals surface area contributed by atoms with Crippen molar-refractivity contribution in [3.05, 3.63) is 78.2 Å². The van der Waals surface area contributed by atoms with Crippen LogP contribution in [0.15, 0.2) is 72.6 Å². The molecule has 0 aliphatic carbocycles. The number of para-hydroxylation sites is 2. The fourth-order valence-electron chi connectivity index (χ4n) is 6.56. The molecule has 3 aliphatic rings. The van der Waals surface area contributed by atoms with Gasteiger partial charge in [0, 0.05) is 49.6 Å². The molecule has 2 saturated heterocycles. The fourth-order valence-corrected chi connectivity index (χ4v) is 6.56. The number of benzene rings is 2. The van der Waals surface area contributed by atoms with Crippen LogP contribution in [0.4, 0.5) is 5.69 Å². The monoisotopic (exact) mass is 602 g/mol. The summed E-state index contributed by atoms with van der Waals surface area (Å²) in [4.78, 5) is 43.4. The van der Waals surface area contributed by atoms with Crippen molar-refractivity contribution in [2.45, 2.75) is 43.9 Å². The number of aliphatic hydroxyl groups excluding tert-OH is 1. The number of amides is 2. The Labute approximate surface area is 256 Å². The summed E-state index contributed by atoms with van der Waals surface area (Å²) in [5.41, 5.74) is 1.97. The molecule has 4 heterocycles. The van der Waals surface area contributed by atoms with Crippen molar-refractivity contribution in [3.63, 3.8) is 0 Å². The van der Waals surface area contributed by atoms with Crippen molar-refractivity contribution >= 4 is 34.3 Å². The Bertz CT molecular complexity index is 1540. The van der Waals surface area contributed by atoms with Crippen LogP contribution >= 0.6 is 0 Å². The van der Waals surface area contributed by atoms with E-state index in [-0.39, 0.29) is 55.8 Å². The van der Waals surface area contributed by atoms with Gasteiger partial charge in [0.1, 0.15) is 5.54 Å². The van der Waals surface area contributed by atoms with E-state index in [9.17, 15) is 14.4 Å². The summed E-state index contributed by atoms with van der Waals surface area (Å²) in [6, 6.07) is 17.6. The molecule has 6 rings (SSSR count). The second-order valence-corrected chi connectivity index (χ2v) is 11.4. The average molecular weight is 603 g/mol. The predicted molar refractivity (Wildman–Crippen MR) is 163 cm³/mol. The number of fused-ring (bicyclic) bond motifs is 1. The van der Waals surface area contributed by atoms with Crippen molar-refractivity contribution in [1.29, 1.82) is 0 Å². The van der Waals surface area contributed by atoms with Gasteiger partial charge in [-0.25, -0.2) is 0 Å². The van der Waals surface area contributed by atoms with E-state index in [1.807, 2.05) is 66.9 Å². The van der Waals surface area contributed by atoms with Crippen molar-refractivity contribution in [2.75, 3.05) is 51.1 Å². The molecule has 3 aromatic rings. The quantitative estimate of drug-likeness (QED) is 0.359. The normalized spacial score (nSPS) is 21.3. The molecule has 2 aromatic carbocycles. The molecule has 1 aromatic heterocycles. The van der Waals surface area contributed by atoms with Crippen LogP contribution in [0.25, 0.3) is 10.9 Å². The zero-order chi connectivity index (χ0) is 30.7. The lowest BCUT2D eigenvalue weighted by Crippen LogP contribution is -2.57. The first kappa shape index (κ1) is 29.9. The van der Waals surface area contributed by atoms with E-state index in [0.29, 0.717) is 39.0 Å². The SMILES string of the molecule is CC(=O)n1cc([C@@H]2C=C(C(=O)N3CCC4(CC3)C(=O)NCN4c3ccccc3)O[C@H](OCCOCCO)C2)c2ccccc21. The molecule has 0 bridgehead atoms. The lowest BCUT2D eigenvalue weighted by atomic mass is 9.85. The summed E-state index contributed by atoms with van der Waals surface area (Å²) < 4.78 is 19.1. The maximum atomic E-state index is 14.0. The summed E-state index contributed by atoms with van der Waals surface area (Å²) >= 11 is 0. The molecule has 232 valence electrons. The van der Waals surface area contributed by atoms with Gasteiger partial charge < -0.3 is 34.4 Å². The van der Waals surface area contributed by atoms with Crippen LogP contribution < -0.4 is 10.2 Å². The summed E-state index contributed by atoms with van der Waals surface area (Å²) in [7, 11) is 0. The van der Waals surface area contributed by atoms with Crippen LogP contribution in [0.1, 0.15) is 42.5 Å². The minimum atomic E-state index is -0.716. The number of nitrogens with zero attached hydrogens (tertiary/aromatic N) is 3. The topological polar surface area (TPSA) is 123 Å². The van der Waals surface area contributed by atoms with Crippen LogP contribution in [0.5, 0.6) is 0 Å². The number of carbonyl (C=O) groups excluding carboxylic acids is 3. The largest absolute Gasteiger partial charge is 0.459 e. The Morgan fingerprint density at radius 3 is 2.55 bits per heavy atom. The van der Waals surface area contributed by atoms with Crippen molar-refractivity contribution in [2.24, 2.45) is 0 Å². The van der Waals surface area contributed by atoms with Crippen molar-refractivity contribution < 1.29 is 33.7 Å². The first-order valence-corrected chi connectivity index (χ1v) is 15.1. The Kier molecular flexibility index (Phi) is 8.69. The van der Waals surface area contributed by atoms with E-state index < -0.39 is 11.8 Å². The van der Waals surface area contributed by atoms with Gasteiger partial charge >= 0.3 is 0 Å². The number of allylic oxidation sites excluding steroid dienone is 1. The molecule has 11 nitrogen and oxygen atoms in total. The second-order valence-electron chi connectivity index (χ2n) is 11.4. The van der Waals surface area contributed by atoms with E-state index in [0.717, 1.165) is 22.2 Å². The van der Waals surface area contributed by atoms with Gasteiger partial charge in [0.2, 0.25) is 18.1 Å². The summed E-state index contributed by atoms with van der Waals surface area (Å²) in [6.45, 7) is 3.38. The number of rotatable bonds is 9. The van der Waals surface area contributed by atoms with E-state index >= 15 is 0 Å². The molecular formula is C33H38N4O7. The second kappa shape index (κ2) is 12.8. The molecule has 2 N–H and O–H groups in total. The van der Waals surface area contributed by atoms with E-state index in [2.05, 4.69) is 10.2 Å². The lowest BCUT2D eigenvalue weighted by molar-refractivity contribution is -0.157. The van der Waals surface area contributed by atoms with Crippen LogP contribution in [-0.4, -0.2) is 90.3 Å². The standard InChI is InChI=1S/C33H38N4O7/c1-23(39)36-21-27(26-9-5-6-10-28(26)36)24-19-29(44-30(20-24)43-18-17-42-16-15-38)31(40)35-13-11-33(12-14-35)32(41)34-22-37(33)25-7-3-2-4-8-25/h2-10,19,21,24,30,38H,11-18,20,22H2,1H3,(H,34,41)/t24-,30+/m1/s1. The highest BCUT2D eigenvalue weighted by Gasteiger charge is 2.51. The van der Waals surface area contributed by atoms with Crippen molar-refractivity contribution in [1.82, 2.24) is 14.8 Å². The van der Waals surface area contributed by atoms with Gasteiger partial charge in [0.25, 0.3) is 5.91 Å². The maximum Gasteiger partial charge on any atom is 0.288 e. The van der Waals surface area contributed by atoms with E-state index in [1.165, 1.54) is 6.92 Å². The van der Waals surface area contributed by atoms with Gasteiger partial charge in [-0.2, -0.15) is 0 Å². The average Bonchev–Trinajstić information content (AvgIpc) is 3.59. The van der Waals surface area contributed by atoms with Gasteiger partial charge in [-0.15, -0.1) is 0 Å². The van der Waals surface area contributed by atoms with Gasteiger partial charge in [0.15, 0.2) is 5.76 Å². The number of anilines is 1. The first-order valence-electron chi connectivity index (χ1n) is 15.1. The van der Waals surface area contributed by atoms with Crippen LogP contribution in [0, 0.1) is 0 Å². The number of ether oxygens (including phenoxy) is 3. The molecule has 1 spiro atoms. The maximum absolute atomic E-state index is 14.0. The molecule has 2 amide bonds. The first-order chi connectivity index (χ1) is 21.4. The third-order valence-corrected chi connectivity index (χ3v) is 8.80. The summed E-state index contributed by atoms with van der Waals surface area (Å²) in [5.74, 6) is -0.429. The molecule has 2 atom stereocenters. The summed E-state index contributed by atoms with van der Waals surface area (Å²) in [6.07, 6.45) is 4.38. The Balaban J connectivity index is 1.23. The third-order valence-electron chi connectivity index (χ3n) is 8.80. The lowest BCUT2D eigenvalue weighted by Gasteiger charge is -2.43. The van der Waals surface area contributed by atoms with Gasteiger partial charge in [-0.1, -0.05) is 36.4 Å². The Hall–Kier alpha value is -4.19. The molecule has 2 fully saturated rings. The van der Waals surface area contributed by atoms with Crippen LogP contribution in [0.2, 0.25) is 0 Å². The molecule has 0 saturated carbocycles. The minimum Gasteiger partial charge on any atom is -0.459 e. The number of likely N-dealkylation sites (tertiary alicyclic amines) is 1. The molecule has 11 heteroatoms. The summed E-state index contributed by atoms with van der Waals surface area (Å²) in [5, 5.41) is 12.9. The number of hydrogen-bond donors (Lipinski definition) is 2. The molecule has 0 radical (unpaired) electrons. The third kappa shape index (κ3) is 5.70. The number of nitrogens with one attached hydrogen (secondary N) is 1. The Morgan fingerprint density at radius 2 is 1.80 bits per heavy atom. The van der Waals surface area contributed by atoms with Crippen LogP contribution in [-0.2, 0) is 23.8 Å². The zero-order valence-corrected chi connectivity index (χ0v) is 24.8. The highest BCUT2D eigenvalue weighted by atomic mass is 16.7. The number of aliphatic hydroxyl groups is 1. The number of aromatic nitrogens is 1. The van der Waals surface area contributed by atoms with E-state index in [1.54, 1.807) is 9.47 Å². The molecule has 44 heavy (non-hydrogen) atoms. The molecular weight excluding hydrogens is 564 g/mol. The number of carbonyl (C=O) groups is 3. The van der Waals surface area contributed by atoms with Gasteiger partial charge in [-0.05, 0) is 42.7 Å². The zero-order valence-electron chi connectivity index (χ0n) is 24.8. The van der Waals surface area contributed by atoms with Crippen molar-refractivity contribution in [3.8, 4) is 0 Å². The Morgan fingerprint density at radius 1 is 1.05 bits per heavy atom. The van der Waals surface area contributed by atoms with Crippen LogP contribution in [0.3, 0.4) is 0 Å². The fraction of sp³-hybridized carbons (Fsp3) is 0.424. The molecule has 0 unspecified atom stereocenters. The number of hydrogen-bond acceptors (Lipinski definition) is 8. The van der Waals surface area contributed by atoms with E-state index in [4.69, 9.17) is 19.3 Å². The predicted octanol–water partition coefficient (Wildman–Crippen LogP) is 3.00. The highest BCUT2D eigenvalue weighted by molar-refractivity contribution is 5.96. The number of piperidine rings is 1. The smallest absolute Gasteiger partial charge is 0.288 e. The van der Waals surface area contributed by atoms with Gasteiger partial charge in [0.05, 0.1) is 38.6 Å². The minimum absolute atomic E-state index is 0.0135. The molecule has 3 aliphatic heterocycles. The van der Waals surface area contributed by atoms with Gasteiger partial charge in [-0.3, -0.25) is 19.0 Å². The highest BCUT2D eigenvalue weighted by Crippen LogP contribution is 2.39.